The predicted octanol–water partition coefficient (Wildman–Crippen LogP) is 1.64. The third-order valence-corrected chi connectivity index (χ3v) is 5.05. The van der Waals surface area contributed by atoms with Gasteiger partial charge >= 0.3 is 0 Å². The number of nitrogens with one attached hydrogen (secondary N) is 1. The molecular formula is C17H27N3O2. The first-order valence-electron chi connectivity index (χ1n) is 8.56. The molecule has 2 saturated heterocycles. The van der Waals surface area contributed by atoms with Gasteiger partial charge in [-0.3, -0.25) is 9.69 Å². The van der Waals surface area contributed by atoms with Crippen LogP contribution in [0.2, 0.25) is 0 Å². The summed E-state index contributed by atoms with van der Waals surface area (Å²) in [6, 6.07) is 4.41. The number of aryl methyl sites for hydroxylation is 1. The van der Waals surface area contributed by atoms with Gasteiger partial charge in [-0.2, -0.15) is 0 Å². The number of β-amino-alcohol motifs (C(OH)–C–C–N with tert-alkyl or cyclic N) is 1. The van der Waals surface area contributed by atoms with Crippen molar-refractivity contribution in [1.29, 1.82) is 0 Å². The number of aliphatic hydroxyl groups excluding tert-OH is 1. The Morgan fingerprint density at radius 3 is 2.68 bits per heavy atom. The number of carbonyl (C=O) groups is 1. The fourth-order valence-corrected chi connectivity index (χ4v) is 3.69. The van der Waals surface area contributed by atoms with Gasteiger partial charge in [-0.1, -0.05) is 6.92 Å². The van der Waals surface area contributed by atoms with Gasteiger partial charge in [-0.05, 0) is 50.8 Å². The molecular weight excluding hydrogens is 278 g/mol. The smallest absolute Gasteiger partial charge is 0.270 e. The fraction of sp³-hybridized carbons (Fsp3) is 0.706. The maximum atomic E-state index is 12.5. The highest BCUT2D eigenvalue weighted by Crippen LogP contribution is 2.22. The molecule has 122 valence electrons. The zero-order valence-corrected chi connectivity index (χ0v) is 13.4. The van der Waals surface area contributed by atoms with Gasteiger partial charge in [0, 0.05) is 31.4 Å². The van der Waals surface area contributed by atoms with Crippen molar-refractivity contribution in [1.82, 2.24) is 14.8 Å². The van der Waals surface area contributed by atoms with Crippen molar-refractivity contribution >= 4 is 5.91 Å². The Balaban J connectivity index is 1.53. The lowest BCUT2D eigenvalue weighted by atomic mass is 9.99. The number of likely N-dealkylation sites (tertiary alicyclic amines) is 2. The molecule has 2 aliphatic rings. The summed E-state index contributed by atoms with van der Waals surface area (Å²) in [7, 11) is 0. The fourth-order valence-electron chi connectivity index (χ4n) is 3.69. The van der Waals surface area contributed by atoms with Gasteiger partial charge in [-0.15, -0.1) is 0 Å². The van der Waals surface area contributed by atoms with Crippen LogP contribution in [0.1, 0.15) is 48.8 Å². The number of amides is 1. The second-order valence-corrected chi connectivity index (χ2v) is 6.57. The Morgan fingerprint density at radius 1 is 1.27 bits per heavy atom. The first kappa shape index (κ1) is 15.6. The predicted molar refractivity (Wildman–Crippen MR) is 85.9 cm³/mol. The van der Waals surface area contributed by atoms with Crippen molar-refractivity contribution in [3.05, 3.63) is 23.5 Å². The number of hydrogen-bond acceptors (Lipinski definition) is 3. The average molecular weight is 305 g/mol. The number of aromatic amines is 1. The van der Waals surface area contributed by atoms with E-state index in [1.807, 2.05) is 17.0 Å². The molecule has 5 heteroatoms. The van der Waals surface area contributed by atoms with E-state index in [1.54, 1.807) is 0 Å². The molecule has 1 aromatic heterocycles. The molecule has 5 nitrogen and oxygen atoms in total. The molecule has 0 radical (unpaired) electrons. The quantitative estimate of drug-likeness (QED) is 0.892. The van der Waals surface area contributed by atoms with Gasteiger partial charge in [-0.25, -0.2) is 0 Å². The molecule has 2 N–H and O–H groups in total. The van der Waals surface area contributed by atoms with Crippen molar-refractivity contribution in [2.75, 3.05) is 26.2 Å². The topological polar surface area (TPSA) is 59.6 Å². The SMILES string of the molecule is CCc1ccc(C(=O)N2CCC(N3CCCC(O)C3)CC2)[nH]1. The Hall–Kier alpha value is -1.33. The third kappa shape index (κ3) is 3.36. The average Bonchev–Trinajstić information content (AvgIpc) is 3.03. The first-order chi connectivity index (χ1) is 10.7. The maximum absolute atomic E-state index is 12.5. The molecule has 3 rings (SSSR count). The van der Waals surface area contributed by atoms with Crippen LogP contribution in [0, 0.1) is 0 Å². The minimum atomic E-state index is -0.167. The van der Waals surface area contributed by atoms with Gasteiger partial charge in [0.25, 0.3) is 5.91 Å². The van der Waals surface area contributed by atoms with Crippen LogP contribution in [-0.2, 0) is 6.42 Å². The van der Waals surface area contributed by atoms with Crippen LogP contribution in [0.3, 0.4) is 0 Å². The highest BCUT2D eigenvalue weighted by molar-refractivity contribution is 5.92. The maximum Gasteiger partial charge on any atom is 0.270 e. The third-order valence-electron chi connectivity index (χ3n) is 5.05. The van der Waals surface area contributed by atoms with E-state index in [0.717, 1.165) is 64.0 Å². The number of aromatic nitrogens is 1. The molecule has 0 saturated carbocycles. The minimum Gasteiger partial charge on any atom is -0.392 e. The van der Waals surface area contributed by atoms with Crippen molar-refractivity contribution < 1.29 is 9.90 Å². The van der Waals surface area contributed by atoms with Crippen LogP contribution >= 0.6 is 0 Å². The summed E-state index contributed by atoms with van der Waals surface area (Å²) in [6.45, 7) is 5.60. The van der Waals surface area contributed by atoms with Crippen LogP contribution < -0.4 is 0 Å². The monoisotopic (exact) mass is 305 g/mol. The number of hydrogen-bond donors (Lipinski definition) is 2. The zero-order valence-electron chi connectivity index (χ0n) is 13.4. The van der Waals surface area contributed by atoms with Crippen LogP contribution in [0.25, 0.3) is 0 Å². The van der Waals surface area contributed by atoms with Crippen molar-refractivity contribution in [2.45, 2.75) is 51.2 Å². The van der Waals surface area contributed by atoms with Crippen LogP contribution in [-0.4, -0.2) is 64.1 Å². The molecule has 1 aromatic rings. The summed E-state index contributed by atoms with van der Waals surface area (Å²) in [6.07, 6.45) is 4.80. The molecule has 2 aliphatic heterocycles. The normalized spacial score (nSPS) is 24.6. The number of rotatable bonds is 3. The second-order valence-electron chi connectivity index (χ2n) is 6.57. The van der Waals surface area contributed by atoms with E-state index in [1.165, 1.54) is 0 Å². The zero-order chi connectivity index (χ0) is 15.5. The van der Waals surface area contributed by atoms with E-state index in [4.69, 9.17) is 0 Å². The van der Waals surface area contributed by atoms with Gasteiger partial charge < -0.3 is 15.0 Å². The number of carbonyl (C=O) groups excluding carboxylic acids is 1. The number of piperidine rings is 2. The van der Waals surface area contributed by atoms with E-state index < -0.39 is 0 Å². The molecule has 1 amide bonds. The number of H-pyrrole nitrogens is 1. The van der Waals surface area contributed by atoms with Gasteiger partial charge in [0.05, 0.1) is 6.10 Å². The molecule has 1 atom stereocenters. The van der Waals surface area contributed by atoms with Crippen molar-refractivity contribution in [3.8, 4) is 0 Å². The molecule has 3 heterocycles. The summed E-state index contributed by atoms with van der Waals surface area (Å²) in [5.41, 5.74) is 1.82. The summed E-state index contributed by atoms with van der Waals surface area (Å²) in [4.78, 5) is 20.1. The summed E-state index contributed by atoms with van der Waals surface area (Å²) in [5, 5.41) is 9.81. The minimum absolute atomic E-state index is 0.122. The summed E-state index contributed by atoms with van der Waals surface area (Å²) >= 11 is 0. The van der Waals surface area contributed by atoms with Gasteiger partial charge in [0.2, 0.25) is 0 Å². The number of nitrogens with zero attached hydrogens (tertiary/aromatic N) is 2. The molecule has 0 aliphatic carbocycles. The lowest BCUT2D eigenvalue weighted by Crippen LogP contribution is -2.50. The molecule has 1 unspecified atom stereocenters. The highest BCUT2D eigenvalue weighted by Gasteiger charge is 2.30. The van der Waals surface area contributed by atoms with Gasteiger partial charge in [0.1, 0.15) is 5.69 Å². The van der Waals surface area contributed by atoms with Crippen molar-refractivity contribution in [3.63, 3.8) is 0 Å². The van der Waals surface area contributed by atoms with Gasteiger partial charge in [0.15, 0.2) is 0 Å². The Kier molecular flexibility index (Phi) is 4.84. The molecule has 0 aromatic carbocycles. The van der Waals surface area contributed by atoms with E-state index >= 15 is 0 Å². The van der Waals surface area contributed by atoms with E-state index in [0.29, 0.717) is 11.7 Å². The molecule has 0 spiro atoms. The van der Waals surface area contributed by atoms with Crippen molar-refractivity contribution in [2.24, 2.45) is 0 Å². The Labute approximate surface area is 132 Å². The Morgan fingerprint density at radius 2 is 2.05 bits per heavy atom. The van der Waals surface area contributed by atoms with Crippen LogP contribution in [0.4, 0.5) is 0 Å². The van der Waals surface area contributed by atoms with E-state index in [2.05, 4.69) is 16.8 Å². The van der Waals surface area contributed by atoms with E-state index in [9.17, 15) is 9.90 Å². The molecule has 2 fully saturated rings. The molecule has 22 heavy (non-hydrogen) atoms. The van der Waals surface area contributed by atoms with Crippen LogP contribution in [0.15, 0.2) is 12.1 Å². The highest BCUT2D eigenvalue weighted by atomic mass is 16.3. The van der Waals surface area contributed by atoms with E-state index in [-0.39, 0.29) is 12.0 Å². The lowest BCUT2D eigenvalue weighted by Gasteiger charge is -2.41. The standard InChI is InChI=1S/C17H27N3O2/c1-2-13-5-6-16(18-13)17(22)19-10-7-14(8-11-19)20-9-3-4-15(21)12-20/h5-6,14-15,18,21H,2-4,7-12H2,1H3. The molecule has 0 bridgehead atoms. The second kappa shape index (κ2) is 6.84. The lowest BCUT2D eigenvalue weighted by molar-refractivity contribution is 0.0239. The van der Waals surface area contributed by atoms with Crippen LogP contribution in [0.5, 0.6) is 0 Å². The first-order valence-corrected chi connectivity index (χ1v) is 8.56. The number of aliphatic hydroxyl groups is 1. The Bertz CT molecular complexity index is 506. The largest absolute Gasteiger partial charge is 0.392 e. The summed E-state index contributed by atoms with van der Waals surface area (Å²) in [5.74, 6) is 0.122. The summed E-state index contributed by atoms with van der Waals surface area (Å²) < 4.78 is 0.